The maximum absolute atomic E-state index is 12.7. The van der Waals surface area contributed by atoms with Crippen LogP contribution in [0.2, 0.25) is 0 Å². The highest BCUT2D eigenvalue weighted by molar-refractivity contribution is 6.40. The number of carbonyl (C=O) groups excluding carboxylic acids is 2. The fraction of sp³-hybridized carbons (Fsp3) is 0.182. The Morgan fingerprint density at radius 1 is 0.885 bits per heavy atom. The second-order valence-electron chi connectivity index (χ2n) is 6.49. The summed E-state index contributed by atoms with van der Waals surface area (Å²) in [7, 11) is 0. The number of hydrogen-bond donors (Lipinski definition) is 1. The van der Waals surface area contributed by atoms with Gasteiger partial charge in [0.15, 0.2) is 0 Å². The van der Waals surface area contributed by atoms with Gasteiger partial charge in [0, 0.05) is 23.7 Å². The topological polar surface area (TPSA) is 49.4 Å². The molecule has 4 nitrogen and oxygen atoms in total. The Bertz CT molecular complexity index is 914. The molecule has 3 aromatic carbocycles. The van der Waals surface area contributed by atoms with Crippen molar-refractivity contribution in [2.75, 3.05) is 5.32 Å². The Hall–Kier alpha value is -3.14. The average Bonchev–Trinajstić information content (AvgIpc) is 2.66. The molecule has 2 amide bonds. The number of rotatable bonds is 4. The van der Waals surface area contributed by atoms with Crippen LogP contribution in [0.3, 0.4) is 0 Å². The summed E-state index contributed by atoms with van der Waals surface area (Å²) < 4.78 is 0. The van der Waals surface area contributed by atoms with E-state index in [0.717, 1.165) is 16.3 Å². The molecule has 132 valence electrons. The molecule has 0 aliphatic rings. The average molecular weight is 346 g/mol. The van der Waals surface area contributed by atoms with Crippen LogP contribution in [0, 0.1) is 0 Å². The minimum absolute atomic E-state index is 0.0824. The number of hydrogen-bond acceptors (Lipinski definition) is 2. The first-order valence-corrected chi connectivity index (χ1v) is 8.70. The van der Waals surface area contributed by atoms with Crippen molar-refractivity contribution in [3.8, 4) is 0 Å². The molecule has 0 aliphatic heterocycles. The van der Waals surface area contributed by atoms with E-state index in [2.05, 4.69) is 5.32 Å². The van der Waals surface area contributed by atoms with E-state index in [-0.39, 0.29) is 6.04 Å². The number of amides is 2. The maximum atomic E-state index is 12.7. The van der Waals surface area contributed by atoms with E-state index in [9.17, 15) is 9.59 Å². The van der Waals surface area contributed by atoms with E-state index in [1.165, 1.54) is 0 Å². The van der Waals surface area contributed by atoms with Crippen LogP contribution in [0.4, 0.5) is 5.69 Å². The Labute approximate surface area is 153 Å². The van der Waals surface area contributed by atoms with Crippen molar-refractivity contribution in [2.24, 2.45) is 0 Å². The molecule has 0 saturated heterocycles. The number of nitrogens with one attached hydrogen (secondary N) is 1. The molecule has 0 fully saturated rings. The molecule has 0 bridgehead atoms. The van der Waals surface area contributed by atoms with Gasteiger partial charge in [-0.3, -0.25) is 9.59 Å². The summed E-state index contributed by atoms with van der Waals surface area (Å²) in [6.45, 7) is 4.22. The summed E-state index contributed by atoms with van der Waals surface area (Å²) in [5.41, 5.74) is 1.64. The first kappa shape index (κ1) is 17.7. The van der Waals surface area contributed by atoms with Gasteiger partial charge in [0.05, 0.1) is 0 Å². The largest absolute Gasteiger partial charge is 0.328 e. The van der Waals surface area contributed by atoms with Gasteiger partial charge in [-0.25, -0.2) is 0 Å². The van der Waals surface area contributed by atoms with Crippen LogP contribution < -0.4 is 5.32 Å². The molecular weight excluding hydrogens is 324 g/mol. The van der Waals surface area contributed by atoms with Crippen molar-refractivity contribution < 1.29 is 9.59 Å². The zero-order valence-electron chi connectivity index (χ0n) is 15.0. The zero-order chi connectivity index (χ0) is 18.5. The SMILES string of the molecule is CC(C)N(Cc1ccccc1)C(=O)C(=O)Nc1cccc2ccccc12. The molecule has 0 aliphatic carbocycles. The smallest absolute Gasteiger partial charge is 0.313 e. The Morgan fingerprint density at radius 2 is 1.54 bits per heavy atom. The van der Waals surface area contributed by atoms with Crippen LogP contribution in [0.15, 0.2) is 72.8 Å². The number of nitrogens with zero attached hydrogens (tertiary/aromatic N) is 1. The summed E-state index contributed by atoms with van der Waals surface area (Å²) in [4.78, 5) is 26.9. The second kappa shape index (κ2) is 7.83. The quantitative estimate of drug-likeness (QED) is 0.719. The Balaban J connectivity index is 1.79. The van der Waals surface area contributed by atoms with Crippen LogP contribution in [-0.2, 0) is 16.1 Å². The molecule has 0 heterocycles. The highest BCUT2D eigenvalue weighted by Crippen LogP contribution is 2.23. The lowest BCUT2D eigenvalue weighted by molar-refractivity contribution is -0.144. The highest BCUT2D eigenvalue weighted by atomic mass is 16.2. The van der Waals surface area contributed by atoms with E-state index in [0.29, 0.717) is 12.2 Å². The van der Waals surface area contributed by atoms with Crippen LogP contribution >= 0.6 is 0 Å². The fourth-order valence-electron chi connectivity index (χ4n) is 2.91. The van der Waals surface area contributed by atoms with Gasteiger partial charge in [0.25, 0.3) is 0 Å². The molecule has 26 heavy (non-hydrogen) atoms. The fourth-order valence-corrected chi connectivity index (χ4v) is 2.91. The maximum Gasteiger partial charge on any atom is 0.313 e. The summed E-state index contributed by atoms with van der Waals surface area (Å²) in [5, 5.41) is 4.70. The summed E-state index contributed by atoms with van der Waals surface area (Å²) in [5.74, 6) is -1.15. The number of carbonyl (C=O) groups is 2. The summed E-state index contributed by atoms with van der Waals surface area (Å²) in [6.07, 6.45) is 0. The molecule has 3 aromatic rings. The standard InChI is InChI=1S/C22H22N2O2/c1-16(2)24(15-17-9-4-3-5-10-17)22(26)21(25)23-20-14-8-12-18-11-6-7-13-19(18)20/h3-14,16H,15H2,1-2H3,(H,23,25). The van der Waals surface area contributed by atoms with Gasteiger partial charge in [-0.2, -0.15) is 0 Å². The molecule has 0 aromatic heterocycles. The zero-order valence-corrected chi connectivity index (χ0v) is 15.0. The van der Waals surface area contributed by atoms with E-state index in [4.69, 9.17) is 0 Å². The van der Waals surface area contributed by atoms with Crippen molar-refractivity contribution in [1.82, 2.24) is 4.90 Å². The first-order chi connectivity index (χ1) is 12.6. The molecule has 4 heteroatoms. The molecule has 0 saturated carbocycles. The van der Waals surface area contributed by atoms with Crippen LogP contribution in [0.25, 0.3) is 10.8 Å². The molecule has 0 spiro atoms. The minimum Gasteiger partial charge on any atom is -0.328 e. The van der Waals surface area contributed by atoms with Crippen molar-refractivity contribution in [3.05, 3.63) is 78.4 Å². The molecule has 0 atom stereocenters. The summed E-state index contributed by atoms with van der Waals surface area (Å²) in [6, 6.07) is 23.0. The van der Waals surface area contributed by atoms with Crippen LogP contribution in [0.1, 0.15) is 19.4 Å². The monoisotopic (exact) mass is 346 g/mol. The third-order valence-electron chi connectivity index (χ3n) is 4.31. The van der Waals surface area contributed by atoms with Gasteiger partial charge < -0.3 is 10.2 Å². The number of fused-ring (bicyclic) bond motifs is 1. The molecule has 0 radical (unpaired) electrons. The van der Waals surface area contributed by atoms with Gasteiger partial charge in [-0.05, 0) is 30.9 Å². The third kappa shape index (κ3) is 3.91. The first-order valence-electron chi connectivity index (χ1n) is 8.70. The lowest BCUT2D eigenvalue weighted by Crippen LogP contribution is -2.43. The predicted molar refractivity (Wildman–Crippen MR) is 105 cm³/mol. The van der Waals surface area contributed by atoms with Gasteiger partial charge in [-0.15, -0.1) is 0 Å². The van der Waals surface area contributed by atoms with Crippen molar-refractivity contribution in [3.63, 3.8) is 0 Å². The van der Waals surface area contributed by atoms with E-state index in [1.807, 2.05) is 86.6 Å². The minimum atomic E-state index is -0.619. The number of benzene rings is 3. The molecule has 0 unspecified atom stereocenters. The Kier molecular flexibility index (Phi) is 5.32. The van der Waals surface area contributed by atoms with Crippen molar-refractivity contribution >= 4 is 28.3 Å². The lowest BCUT2D eigenvalue weighted by Gasteiger charge is -2.26. The van der Waals surface area contributed by atoms with Gasteiger partial charge >= 0.3 is 11.8 Å². The molecular formula is C22H22N2O2. The van der Waals surface area contributed by atoms with Gasteiger partial charge in [0.2, 0.25) is 0 Å². The van der Waals surface area contributed by atoms with Crippen molar-refractivity contribution in [1.29, 1.82) is 0 Å². The van der Waals surface area contributed by atoms with Crippen molar-refractivity contribution in [2.45, 2.75) is 26.4 Å². The lowest BCUT2D eigenvalue weighted by atomic mass is 10.1. The Morgan fingerprint density at radius 3 is 2.27 bits per heavy atom. The van der Waals surface area contributed by atoms with Crippen LogP contribution in [-0.4, -0.2) is 22.8 Å². The normalized spacial score (nSPS) is 10.7. The van der Waals surface area contributed by atoms with Crippen LogP contribution in [0.5, 0.6) is 0 Å². The van der Waals surface area contributed by atoms with E-state index < -0.39 is 11.8 Å². The van der Waals surface area contributed by atoms with Gasteiger partial charge in [0.1, 0.15) is 0 Å². The van der Waals surface area contributed by atoms with Gasteiger partial charge in [-0.1, -0.05) is 66.7 Å². The number of anilines is 1. The molecule has 1 N–H and O–H groups in total. The third-order valence-corrected chi connectivity index (χ3v) is 4.31. The highest BCUT2D eigenvalue weighted by Gasteiger charge is 2.24. The summed E-state index contributed by atoms with van der Waals surface area (Å²) >= 11 is 0. The second-order valence-corrected chi connectivity index (χ2v) is 6.49. The van der Waals surface area contributed by atoms with E-state index in [1.54, 1.807) is 4.90 Å². The molecule has 3 rings (SSSR count). The van der Waals surface area contributed by atoms with E-state index >= 15 is 0 Å². The predicted octanol–water partition coefficient (Wildman–Crippen LogP) is 4.22.